The number of rotatable bonds is 3. The van der Waals surface area contributed by atoms with Crippen molar-refractivity contribution in [1.29, 1.82) is 0 Å². The third kappa shape index (κ3) is 2.34. The second-order valence-electron chi connectivity index (χ2n) is 3.22. The molecule has 0 spiro atoms. The third-order valence-electron chi connectivity index (χ3n) is 2.09. The monoisotopic (exact) mass is 271 g/mol. The summed E-state index contributed by atoms with van der Waals surface area (Å²) in [5.74, 6) is -5.56. The molecule has 1 aromatic rings. The Morgan fingerprint density at radius 3 is 2.17 bits per heavy atom. The first-order valence-corrected chi connectivity index (χ1v) is 4.38. The van der Waals surface area contributed by atoms with Crippen LogP contribution in [0.25, 0.3) is 0 Å². The summed E-state index contributed by atoms with van der Waals surface area (Å²) >= 11 is 0. The Balaban J connectivity index is 3.37. The summed E-state index contributed by atoms with van der Waals surface area (Å²) in [6.45, 7) is 0. The molecule has 0 fully saturated rings. The summed E-state index contributed by atoms with van der Waals surface area (Å²) in [4.78, 5) is 9.41. The van der Waals surface area contributed by atoms with Crippen molar-refractivity contribution in [2.24, 2.45) is 0 Å². The summed E-state index contributed by atoms with van der Waals surface area (Å²) in [7, 11) is 1.03. The molecule has 0 unspecified atom stereocenters. The van der Waals surface area contributed by atoms with Crippen LogP contribution in [0.1, 0.15) is 5.56 Å². The molecule has 1 aromatic carbocycles. The molecule has 0 bridgehead atoms. The fourth-order valence-electron chi connectivity index (χ4n) is 1.19. The molecule has 18 heavy (non-hydrogen) atoms. The van der Waals surface area contributed by atoms with Gasteiger partial charge in [0.2, 0.25) is 0 Å². The zero-order valence-electron chi connectivity index (χ0n) is 8.79. The van der Waals surface area contributed by atoms with Gasteiger partial charge in [-0.3, -0.25) is 10.1 Å². The average Bonchev–Trinajstić information content (AvgIpc) is 2.26. The van der Waals surface area contributed by atoms with Crippen LogP contribution in [0.15, 0.2) is 18.2 Å². The normalized spacial score (nSPS) is 12.3. The predicted molar refractivity (Wildman–Crippen MR) is 49.6 cm³/mol. The Kier molecular flexibility index (Phi) is 3.45. The summed E-state index contributed by atoms with van der Waals surface area (Å²) < 4.78 is 66.6. The molecule has 0 radical (unpaired) electrons. The molecular weight excluding hydrogens is 265 g/mol. The number of methoxy groups -OCH3 is 1. The van der Waals surface area contributed by atoms with Crippen molar-refractivity contribution in [2.45, 2.75) is 12.1 Å². The highest BCUT2D eigenvalue weighted by molar-refractivity contribution is 5.49. The Hall–Kier alpha value is -1.93. The van der Waals surface area contributed by atoms with Crippen LogP contribution in [-0.4, -0.2) is 18.2 Å². The van der Waals surface area contributed by atoms with Crippen LogP contribution in [0.3, 0.4) is 0 Å². The van der Waals surface area contributed by atoms with Gasteiger partial charge in [0.05, 0.1) is 12.0 Å². The molecule has 9 heteroatoms. The summed E-state index contributed by atoms with van der Waals surface area (Å²) in [5, 5.41) is 10.5. The van der Waals surface area contributed by atoms with Crippen LogP contribution in [0.5, 0.6) is 5.75 Å². The number of alkyl halides is 5. The minimum Gasteiger partial charge on any atom is -0.490 e. The van der Waals surface area contributed by atoms with Gasteiger partial charge in [-0.25, -0.2) is 0 Å². The lowest BCUT2D eigenvalue weighted by Crippen LogP contribution is -2.33. The van der Waals surface area contributed by atoms with Gasteiger partial charge in [0.15, 0.2) is 5.75 Å². The summed E-state index contributed by atoms with van der Waals surface area (Å²) in [6.07, 6.45) is -5.82. The van der Waals surface area contributed by atoms with E-state index in [1.165, 1.54) is 0 Å². The Morgan fingerprint density at radius 2 is 1.78 bits per heavy atom. The van der Waals surface area contributed by atoms with Crippen LogP contribution in [0, 0.1) is 10.1 Å². The number of nitro benzene ring substituents is 1. The van der Waals surface area contributed by atoms with Gasteiger partial charge in [-0.1, -0.05) is 0 Å². The second-order valence-corrected chi connectivity index (χ2v) is 3.22. The van der Waals surface area contributed by atoms with Crippen molar-refractivity contribution < 1.29 is 31.6 Å². The highest BCUT2D eigenvalue weighted by atomic mass is 19.4. The number of nitrogens with zero attached hydrogens (tertiary/aromatic N) is 1. The molecule has 0 N–H and O–H groups in total. The number of halogens is 5. The average molecular weight is 271 g/mol. The van der Waals surface area contributed by atoms with E-state index in [1.807, 2.05) is 0 Å². The molecule has 0 aromatic heterocycles. The minimum absolute atomic E-state index is 0.145. The van der Waals surface area contributed by atoms with Gasteiger partial charge >= 0.3 is 17.8 Å². The van der Waals surface area contributed by atoms with Crippen molar-refractivity contribution in [1.82, 2.24) is 0 Å². The lowest BCUT2D eigenvalue weighted by atomic mass is 10.1. The van der Waals surface area contributed by atoms with Crippen LogP contribution >= 0.6 is 0 Å². The largest absolute Gasteiger partial charge is 0.490 e. The van der Waals surface area contributed by atoms with E-state index in [-0.39, 0.29) is 6.07 Å². The van der Waals surface area contributed by atoms with Gasteiger partial charge in [0, 0.05) is 11.6 Å². The first-order valence-electron chi connectivity index (χ1n) is 4.38. The van der Waals surface area contributed by atoms with E-state index >= 15 is 0 Å². The fourth-order valence-corrected chi connectivity index (χ4v) is 1.19. The van der Waals surface area contributed by atoms with E-state index in [2.05, 4.69) is 4.74 Å². The first-order chi connectivity index (χ1) is 8.11. The second kappa shape index (κ2) is 4.39. The van der Waals surface area contributed by atoms with Gasteiger partial charge < -0.3 is 4.74 Å². The maximum atomic E-state index is 13.0. The number of benzene rings is 1. The number of hydrogen-bond acceptors (Lipinski definition) is 3. The molecule has 0 aliphatic rings. The van der Waals surface area contributed by atoms with Crippen LogP contribution < -0.4 is 4.74 Å². The lowest BCUT2D eigenvalue weighted by molar-refractivity contribution is -0.386. The minimum atomic E-state index is -5.82. The zero-order chi connectivity index (χ0) is 14.1. The first kappa shape index (κ1) is 14.1. The van der Waals surface area contributed by atoms with Crippen molar-refractivity contribution in [3.05, 3.63) is 33.9 Å². The van der Waals surface area contributed by atoms with Gasteiger partial charge in [0.1, 0.15) is 0 Å². The number of hydrogen-bond donors (Lipinski definition) is 0. The SMILES string of the molecule is COc1ccc(C(F)(F)C(F)(F)F)cc1[N+](=O)[O-]. The van der Waals surface area contributed by atoms with Crippen LogP contribution in [0.2, 0.25) is 0 Å². The summed E-state index contributed by atoms with van der Waals surface area (Å²) in [5.41, 5.74) is -2.47. The van der Waals surface area contributed by atoms with E-state index in [0.29, 0.717) is 12.1 Å². The van der Waals surface area contributed by atoms with Gasteiger partial charge in [-0.15, -0.1) is 0 Å². The molecule has 0 amide bonds. The number of nitro groups is 1. The third-order valence-corrected chi connectivity index (χ3v) is 2.09. The summed E-state index contributed by atoms with van der Waals surface area (Å²) in [6, 6.07) is 1.26. The lowest BCUT2D eigenvalue weighted by Gasteiger charge is -2.19. The molecule has 1 rings (SSSR count). The van der Waals surface area contributed by atoms with Gasteiger partial charge in [-0.2, -0.15) is 22.0 Å². The molecule has 0 aliphatic carbocycles. The molecule has 100 valence electrons. The van der Waals surface area contributed by atoms with Crippen molar-refractivity contribution in [3.63, 3.8) is 0 Å². The standard InChI is InChI=1S/C9H6F5NO3/c1-18-7-3-2-5(4-6(7)15(16)17)8(10,11)9(12,13)14/h2-4H,1H3. The van der Waals surface area contributed by atoms with Crippen molar-refractivity contribution >= 4 is 5.69 Å². The number of ether oxygens (including phenoxy) is 1. The molecule has 0 saturated carbocycles. The topological polar surface area (TPSA) is 52.4 Å². The molecule has 0 aliphatic heterocycles. The Morgan fingerprint density at radius 1 is 1.22 bits per heavy atom. The van der Waals surface area contributed by atoms with Crippen molar-refractivity contribution in [2.75, 3.05) is 7.11 Å². The van der Waals surface area contributed by atoms with E-state index in [9.17, 15) is 32.1 Å². The smallest absolute Gasteiger partial charge is 0.458 e. The molecule has 0 atom stereocenters. The highest BCUT2D eigenvalue weighted by Crippen LogP contribution is 2.45. The fraction of sp³-hybridized carbons (Fsp3) is 0.333. The van der Waals surface area contributed by atoms with E-state index in [4.69, 9.17) is 0 Å². The highest BCUT2D eigenvalue weighted by Gasteiger charge is 2.59. The van der Waals surface area contributed by atoms with Gasteiger partial charge in [0.25, 0.3) is 0 Å². The maximum absolute atomic E-state index is 13.0. The van der Waals surface area contributed by atoms with E-state index < -0.39 is 34.0 Å². The maximum Gasteiger partial charge on any atom is 0.458 e. The van der Waals surface area contributed by atoms with Crippen LogP contribution in [0.4, 0.5) is 27.6 Å². The molecule has 4 nitrogen and oxygen atoms in total. The van der Waals surface area contributed by atoms with Gasteiger partial charge in [-0.05, 0) is 12.1 Å². The Labute approximate surface area is 97.1 Å². The Bertz CT molecular complexity index is 472. The molecule has 0 saturated heterocycles. The predicted octanol–water partition coefficient (Wildman–Crippen LogP) is 3.26. The van der Waals surface area contributed by atoms with E-state index in [0.717, 1.165) is 7.11 Å². The van der Waals surface area contributed by atoms with E-state index in [1.54, 1.807) is 0 Å². The van der Waals surface area contributed by atoms with Crippen LogP contribution in [-0.2, 0) is 5.92 Å². The molecular formula is C9H6F5NO3. The molecule has 0 heterocycles. The quantitative estimate of drug-likeness (QED) is 0.481. The van der Waals surface area contributed by atoms with Crippen molar-refractivity contribution in [3.8, 4) is 5.75 Å². The zero-order valence-corrected chi connectivity index (χ0v) is 8.79.